The second-order valence-corrected chi connectivity index (χ2v) is 6.82. The van der Waals surface area contributed by atoms with E-state index in [4.69, 9.17) is 0 Å². The third-order valence-corrected chi connectivity index (χ3v) is 5.01. The van der Waals surface area contributed by atoms with E-state index in [1.807, 2.05) is 48.5 Å². The highest BCUT2D eigenvalue weighted by atomic mass is 31.1. The van der Waals surface area contributed by atoms with Crippen LogP contribution >= 0.6 is 17.8 Å². The number of hydrogen-bond acceptors (Lipinski definition) is 0. The van der Waals surface area contributed by atoms with Crippen molar-refractivity contribution in [3.05, 3.63) is 72.5 Å². The molecular weight excluding hydrogens is 309 g/mol. The van der Waals surface area contributed by atoms with Gasteiger partial charge in [-0.15, -0.1) is 9.24 Å². The summed E-state index contributed by atoms with van der Waals surface area (Å²) in [6.45, 7) is 2.15. The maximum atomic E-state index is 14.6. The van der Waals surface area contributed by atoms with Crippen LogP contribution in [-0.4, -0.2) is 6.66 Å². The van der Waals surface area contributed by atoms with Crippen molar-refractivity contribution in [1.82, 2.24) is 0 Å². The SMILES string of the molecule is CPc1ccccc1-c1ccc(-c2cccc(P)c2)c(F)c1. The van der Waals surface area contributed by atoms with Gasteiger partial charge in [-0.05, 0) is 46.1 Å². The molecule has 22 heavy (non-hydrogen) atoms. The molecule has 0 bridgehead atoms. The average molecular weight is 326 g/mol. The number of halogens is 1. The Labute approximate surface area is 134 Å². The first kappa shape index (κ1) is 15.3. The third-order valence-electron chi connectivity index (χ3n) is 3.67. The van der Waals surface area contributed by atoms with Crippen molar-refractivity contribution in [3.8, 4) is 22.3 Å². The van der Waals surface area contributed by atoms with Crippen LogP contribution in [0.25, 0.3) is 22.3 Å². The van der Waals surface area contributed by atoms with E-state index >= 15 is 0 Å². The topological polar surface area (TPSA) is 0 Å². The van der Waals surface area contributed by atoms with Crippen LogP contribution in [0.2, 0.25) is 0 Å². The molecule has 3 aromatic rings. The Morgan fingerprint density at radius 2 is 1.59 bits per heavy atom. The second kappa shape index (κ2) is 6.69. The van der Waals surface area contributed by atoms with E-state index in [9.17, 15) is 4.39 Å². The maximum Gasteiger partial charge on any atom is 0.131 e. The summed E-state index contributed by atoms with van der Waals surface area (Å²) in [6.07, 6.45) is 0. The van der Waals surface area contributed by atoms with Crippen LogP contribution in [0.1, 0.15) is 0 Å². The summed E-state index contributed by atoms with van der Waals surface area (Å²) in [4.78, 5) is 0. The lowest BCUT2D eigenvalue weighted by molar-refractivity contribution is 0.632. The van der Waals surface area contributed by atoms with E-state index < -0.39 is 0 Å². The van der Waals surface area contributed by atoms with E-state index in [0.29, 0.717) is 14.1 Å². The molecule has 0 nitrogen and oxygen atoms in total. The van der Waals surface area contributed by atoms with Gasteiger partial charge in [0, 0.05) is 5.56 Å². The van der Waals surface area contributed by atoms with Crippen LogP contribution in [0.4, 0.5) is 4.39 Å². The summed E-state index contributed by atoms with van der Waals surface area (Å²) in [5.41, 5.74) is 3.61. The minimum Gasteiger partial charge on any atom is -0.206 e. The molecule has 0 aliphatic heterocycles. The highest BCUT2D eigenvalue weighted by Gasteiger charge is 2.09. The molecule has 3 aromatic carbocycles. The third kappa shape index (κ3) is 3.12. The van der Waals surface area contributed by atoms with Crippen molar-refractivity contribution in [1.29, 1.82) is 0 Å². The molecule has 0 aliphatic rings. The van der Waals surface area contributed by atoms with Crippen molar-refractivity contribution in [2.75, 3.05) is 6.66 Å². The van der Waals surface area contributed by atoms with Crippen molar-refractivity contribution in [3.63, 3.8) is 0 Å². The van der Waals surface area contributed by atoms with Gasteiger partial charge in [-0.2, -0.15) is 0 Å². The van der Waals surface area contributed by atoms with Gasteiger partial charge in [0.1, 0.15) is 5.82 Å². The molecule has 2 unspecified atom stereocenters. The number of hydrogen-bond donors (Lipinski definition) is 0. The molecular formula is C19H17FP2. The number of benzene rings is 3. The van der Waals surface area contributed by atoms with E-state index in [2.05, 4.69) is 28.0 Å². The van der Waals surface area contributed by atoms with Gasteiger partial charge in [0.2, 0.25) is 0 Å². The van der Waals surface area contributed by atoms with Gasteiger partial charge < -0.3 is 0 Å². The molecule has 0 radical (unpaired) electrons. The van der Waals surface area contributed by atoms with E-state index in [-0.39, 0.29) is 5.82 Å². The highest BCUT2D eigenvalue weighted by Crippen LogP contribution is 2.28. The zero-order valence-corrected chi connectivity index (χ0v) is 14.5. The molecule has 0 spiro atoms. The van der Waals surface area contributed by atoms with Crippen LogP contribution < -0.4 is 10.6 Å². The molecule has 2 atom stereocenters. The van der Waals surface area contributed by atoms with Crippen LogP contribution in [0, 0.1) is 5.82 Å². The van der Waals surface area contributed by atoms with E-state index in [0.717, 1.165) is 22.0 Å². The summed E-state index contributed by atoms with van der Waals surface area (Å²) in [5.74, 6) is -0.178. The fourth-order valence-electron chi connectivity index (χ4n) is 2.58. The molecule has 0 aromatic heterocycles. The molecule has 0 saturated heterocycles. The number of rotatable bonds is 3. The Balaban J connectivity index is 2.06. The molecule has 0 fully saturated rings. The van der Waals surface area contributed by atoms with Crippen molar-refractivity contribution in [2.24, 2.45) is 0 Å². The largest absolute Gasteiger partial charge is 0.206 e. The second-order valence-electron chi connectivity index (χ2n) is 5.12. The normalized spacial score (nSPS) is 11.2. The van der Waals surface area contributed by atoms with Crippen molar-refractivity contribution >= 4 is 28.4 Å². The predicted molar refractivity (Wildman–Crippen MR) is 100 cm³/mol. The Morgan fingerprint density at radius 1 is 0.818 bits per heavy atom. The van der Waals surface area contributed by atoms with Crippen LogP contribution in [0.15, 0.2) is 66.7 Å². The fourth-order valence-corrected chi connectivity index (χ4v) is 3.63. The Bertz CT molecular complexity index is 812. The summed E-state index contributed by atoms with van der Waals surface area (Å²) >= 11 is 0. The van der Waals surface area contributed by atoms with Crippen LogP contribution in [0.5, 0.6) is 0 Å². The van der Waals surface area contributed by atoms with Gasteiger partial charge in [0.25, 0.3) is 0 Å². The quantitative estimate of drug-likeness (QED) is 0.617. The highest BCUT2D eigenvalue weighted by molar-refractivity contribution is 7.46. The lowest BCUT2D eigenvalue weighted by Crippen LogP contribution is -1.99. The summed E-state index contributed by atoms with van der Waals surface area (Å²) in [7, 11) is 3.34. The minimum atomic E-state index is -0.178. The van der Waals surface area contributed by atoms with Gasteiger partial charge in [0.05, 0.1) is 0 Å². The smallest absolute Gasteiger partial charge is 0.131 e. The molecule has 0 aliphatic carbocycles. The molecule has 0 N–H and O–H groups in total. The first-order chi connectivity index (χ1) is 10.7. The summed E-state index contributed by atoms with van der Waals surface area (Å²) < 4.78 is 14.6. The maximum absolute atomic E-state index is 14.6. The zero-order valence-electron chi connectivity index (χ0n) is 12.3. The lowest BCUT2D eigenvalue weighted by atomic mass is 9.99. The molecule has 110 valence electrons. The van der Waals surface area contributed by atoms with Crippen molar-refractivity contribution < 1.29 is 4.39 Å². The minimum absolute atomic E-state index is 0.178. The Hall–Kier alpha value is -1.55. The van der Waals surface area contributed by atoms with Crippen molar-refractivity contribution in [2.45, 2.75) is 0 Å². The van der Waals surface area contributed by atoms with Gasteiger partial charge in [-0.3, -0.25) is 0 Å². The Morgan fingerprint density at radius 3 is 2.32 bits per heavy atom. The molecule has 0 amide bonds. The van der Waals surface area contributed by atoms with Crippen LogP contribution in [-0.2, 0) is 0 Å². The zero-order chi connectivity index (χ0) is 15.5. The molecule has 0 heterocycles. The molecule has 0 saturated carbocycles. The van der Waals surface area contributed by atoms with Gasteiger partial charge in [-0.25, -0.2) is 4.39 Å². The average Bonchev–Trinajstić information content (AvgIpc) is 2.54. The standard InChI is InChI=1S/C19H17FP2/c1-22-19-8-3-2-7-17(19)14-9-10-16(18(20)12-14)13-5-4-6-15(21)11-13/h2-12,22H,21H2,1H3. The van der Waals surface area contributed by atoms with Gasteiger partial charge in [-0.1, -0.05) is 63.2 Å². The first-order valence-electron chi connectivity index (χ1n) is 7.11. The van der Waals surface area contributed by atoms with Gasteiger partial charge in [0.15, 0.2) is 0 Å². The van der Waals surface area contributed by atoms with E-state index in [1.54, 1.807) is 6.07 Å². The predicted octanol–water partition coefficient (Wildman–Crippen LogP) is 4.59. The lowest BCUT2D eigenvalue weighted by Gasteiger charge is -2.10. The van der Waals surface area contributed by atoms with E-state index in [1.165, 1.54) is 5.30 Å². The molecule has 3 rings (SSSR count). The summed E-state index contributed by atoms with van der Waals surface area (Å²) in [5, 5.41) is 2.32. The monoisotopic (exact) mass is 326 g/mol. The fraction of sp³-hybridized carbons (Fsp3) is 0.0526. The first-order valence-corrected chi connectivity index (χ1v) is 9.19. The van der Waals surface area contributed by atoms with Crippen LogP contribution in [0.3, 0.4) is 0 Å². The molecule has 3 heteroatoms. The summed E-state index contributed by atoms with van der Waals surface area (Å²) in [6, 6.07) is 21.6. The van der Waals surface area contributed by atoms with Gasteiger partial charge >= 0.3 is 0 Å². The Kier molecular flexibility index (Phi) is 4.67.